The minimum atomic E-state index is -0.327. The van der Waals surface area contributed by atoms with E-state index in [2.05, 4.69) is 43.5 Å². The molecule has 0 unspecified atom stereocenters. The monoisotopic (exact) mass is 468 g/mol. The molecule has 0 saturated heterocycles. The van der Waals surface area contributed by atoms with Crippen LogP contribution in [-0.4, -0.2) is 24.1 Å². The Bertz CT molecular complexity index is 1090. The molecule has 0 aliphatic rings. The van der Waals surface area contributed by atoms with Crippen LogP contribution in [0.25, 0.3) is 11.2 Å². The predicted molar refractivity (Wildman–Crippen MR) is 106 cm³/mol. The van der Waals surface area contributed by atoms with Gasteiger partial charge in [-0.05, 0) is 47.6 Å². The molecule has 128 valence electrons. The highest BCUT2D eigenvalue weighted by Crippen LogP contribution is 2.23. The maximum absolute atomic E-state index is 12.8. The Morgan fingerprint density at radius 3 is 2.76 bits per heavy atom. The summed E-state index contributed by atoms with van der Waals surface area (Å²) in [6.45, 7) is 4.26. The molecule has 0 radical (unpaired) electrons. The molecule has 0 fully saturated rings. The molecule has 3 rings (SSSR count). The molecule has 0 aliphatic heterocycles. The van der Waals surface area contributed by atoms with Gasteiger partial charge in [0.25, 0.3) is 0 Å². The van der Waals surface area contributed by atoms with E-state index >= 15 is 0 Å². The minimum absolute atomic E-state index is 0.00715. The molecule has 0 aromatic carbocycles. The fraction of sp³-hybridized carbons (Fsp3) is 0.250. The number of hydrogen-bond donors (Lipinski definition) is 1. The van der Waals surface area contributed by atoms with Crippen LogP contribution in [-0.2, 0) is 13.1 Å². The number of anilines is 1. The van der Waals surface area contributed by atoms with Gasteiger partial charge in [-0.3, -0.25) is 14.1 Å². The Kier molecular flexibility index (Phi) is 4.71. The van der Waals surface area contributed by atoms with Crippen LogP contribution in [0.1, 0.15) is 16.8 Å². The molecule has 25 heavy (non-hydrogen) atoms. The van der Waals surface area contributed by atoms with Crippen LogP contribution in [0, 0.1) is 29.8 Å². The van der Waals surface area contributed by atoms with Gasteiger partial charge < -0.3 is 5.73 Å². The summed E-state index contributed by atoms with van der Waals surface area (Å²) in [7, 11) is 0. The minimum Gasteiger partial charge on any atom is -0.368 e. The van der Waals surface area contributed by atoms with Crippen LogP contribution in [0.3, 0.4) is 0 Å². The van der Waals surface area contributed by atoms with Crippen molar-refractivity contribution in [2.75, 3.05) is 5.73 Å². The fourth-order valence-corrected chi connectivity index (χ4v) is 3.35. The molecule has 0 bridgehead atoms. The van der Waals surface area contributed by atoms with Crippen LogP contribution in [0.5, 0.6) is 0 Å². The number of nitrogens with two attached hydrogens (primary N) is 1. The maximum Gasteiger partial charge on any atom is 0.331 e. The Hall–Kier alpha value is -2.12. The van der Waals surface area contributed by atoms with Crippen molar-refractivity contribution in [3.05, 3.63) is 42.2 Å². The van der Waals surface area contributed by atoms with Crippen LogP contribution >= 0.6 is 34.2 Å². The summed E-state index contributed by atoms with van der Waals surface area (Å²) in [5.74, 6) is 2.44. The van der Waals surface area contributed by atoms with Crippen LogP contribution in [0.15, 0.2) is 11.0 Å². The molecule has 7 nitrogen and oxygen atoms in total. The molecule has 0 atom stereocenters. The van der Waals surface area contributed by atoms with Crippen molar-refractivity contribution in [1.29, 1.82) is 0 Å². The van der Waals surface area contributed by atoms with Crippen molar-refractivity contribution in [3.8, 4) is 12.3 Å². The largest absolute Gasteiger partial charge is 0.368 e. The molecular weight excluding hydrogens is 455 g/mol. The lowest BCUT2D eigenvalue weighted by Crippen LogP contribution is -2.25. The Morgan fingerprint density at radius 1 is 1.36 bits per heavy atom. The Labute approximate surface area is 162 Å². The number of nitrogen functional groups attached to an aromatic ring is 1. The third-order valence-electron chi connectivity index (χ3n) is 3.91. The normalized spacial score (nSPS) is 11.0. The highest BCUT2D eigenvalue weighted by atomic mass is 127. The molecule has 3 aromatic rings. The van der Waals surface area contributed by atoms with E-state index in [4.69, 9.17) is 23.8 Å². The summed E-state index contributed by atoms with van der Waals surface area (Å²) in [6, 6.07) is 0. The SMILES string of the molecule is C#CCn1c(=O)n(Cc2ncc(C)c(I)c2C)c2nc(N)nc(Cl)c21. The second-order valence-electron chi connectivity index (χ2n) is 5.53. The van der Waals surface area contributed by atoms with Crippen LogP contribution < -0.4 is 11.4 Å². The third-order valence-corrected chi connectivity index (χ3v) is 5.83. The number of nitrogens with zero attached hydrogens (tertiary/aromatic N) is 5. The van der Waals surface area contributed by atoms with Gasteiger partial charge in [-0.1, -0.05) is 17.5 Å². The standard InChI is InChI=1S/C16H14ClIN6O/c1-4-5-23-12-13(17)21-15(19)22-14(12)24(16(23)25)7-10-9(3)11(18)8(2)6-20-10/h1,6H,5,7H2,2-3H3,(H2,19,21,22). The van der Waals surface area contributed by atoms with Crippen molar-refractivity contribution >= 4 is 51.3 Å². The number of pyridine rings is 1. The molecular formula is C16H14ClIN6O. The highest BCUT2D eigenvalue weighted by molar-refractivity contribution is 14.1. The Balaban J connectivity index is 2.27. The number of terminal acetylenes is 1. The van der Waals surface area contributed by atoms with Gasteiger partial charge in [0.05, 0.1) is 18.8 Å². The number of aromatic nitrogens is 5. The van der Waals surface area contributed by atoms with Crippen molar-refractivity contribution in [2.24, 2.45) is 0 Å². The molecule has 0 aliphatic carbocycles. The number of hydrogen-bond acceptors (Lipinski definition) is 5. The lowest BCUT2D eigenvalue weighted by molar-refractivity contribution is 0.697. The van der Waals surface area contributed by atoms with E-state index in [1.807, 2.05) is 13.8 Å². The molecule has 0 amide bonds. The predicted octanol–water partition coefficient (Wildman–Crippen LogP) is 2.13. The number of rotatable bonds is 3. The second kappa shape index (κ2) is 6.65. The summed E-state index contributed by atoms with van der Waals surface area (Å²) in [6.07, 6.45) is 7.17. The van der Waals surface area contributed by atoms with Gasteiger partial charge in [0.15, 0.2) is 10.8 Å². The molecule has 0 saturated carbocycles. The number of aryl methyl sites for hydroxylation is 1. The van der Waals surface area contributed by atoms with Crippen molar-refractivity contribution in [3.63, 3.8) is 0 Å². The van der Waals surface area contributed by atoms with Gasteiger partial charge in [-0.25, -0.2) is 4.79 Å². The smallest absolute Gasteiger partial charge is 0.331 e. The fourth-order valence-electron chi connectivity index (χ4n) is 2.62. The zero-order valence-electron chi connectivity index (χ0n) is 13.5. The number of fused-ring (bicyclic) bond motifs is 1. The summed E-state index contributed by atoms with van der Waals surface area (Å²) in [4.78, 5) is 25.4. The molecule has 3 aromatic heterocycles. The quantitative estimate of drug-likeness (QED) is 0.361. The average molecular weight is 469 g/mol. The van der Waals surface area contributed by atoms with Gasteiger partial charge in [-0.15, -0.1) is 6.42 Å². The third kappa shape index (κ3) is 2.98. The molecule has 9 heteroatoms. The number of halogens is 2. The van der Waals surface area contributed by atoms with E-state index in [9.17, 15) is 4.79 Å². The molecule has 3 heterocycles. The van der Waals surface area contributed by atoms with Crippen molar-refractivity contribution < 1.29 is 0 Å². The van der Waals surface area contributed by atoms with Gasteiger partial charge in [0, 0.05) is 9.77 Å². The summed E-state index contributed by atoms with van der Waals surface area (Å²) in [5.41, 5.74) is 8.96. The first kappa shape index (κ1) is 17.7. The number of imidazole rings is 1. The van der Waals surface area contributed by atoms with E-state index in [1.165, 1.54) is 9.13 Å². The van der Waals surface area contributed by atoms with Crippen molar-refractivity contribution in [2.45, 2.75) is 26.9 Å². The lowest BCUT2D eigenvalue weighted by Gasteiger charge is -2.09. The second-order valence-corrected chi connectivity index (χ2v) is 6.97. The first-order valence-corrected chi connectivity index (χ1v) is 8.77. The van der Waals surface area contributed by atoms with Gasteiger partial charge >= 0.3 is 5.69 Å². The van der Waals surface area contributed by atoms with Gasteiger partial charge in [-0.2, -0.15) is 9.97 Å². The zero-order valence-corrected chi connectivity index (χ0v) is 16.5. The average Bonchev–Trinajstić information content (AvgIpc) is 2.81. The summed E-state index contributed by atoms with van der Waals surface area (Å²) in [5, 5.41) is 0.0942. The van der Waals surface area contributed by atoms with Crippen LogP contribution in [0.2, 0.25) is 5.15 Å². The Morgan fingerprint density at radius 2 is 2.08 bits per heavy atom. The first-order chi connectivity index (χ1) is 11.8. The van der Waals surface area contributed by atoms with E-state index < -0.39 is 0 Å². The summed E-state index contributed by atoms with van der Waals surface area (Å²) >= 11 is 8.45. The van der Waals surface area contributed by atoms with E-state index in [0.717, 1.165) is 20.4 Å². The molecule has 0 spiro atoms. The van der Waals surface area contributed by atoms with E-state index in [-0.39, 0.29) is 29.9 Å². The maximum atomic E-state index is 12.8. The van der Waals surface area contributed by atoms with Gasteiger partial charge in [0.1, 0.15) is 5.52 Å². The van der Waals surface area contributed by atoms with E-state index in [1.54, 1.807) is 6.20 Å². The van der Waals surface area contributed by atoms with Crippen molar-refractivity contribution in [1.82, 2.24) is 24.1 Å². The highest BCUT2D eigenvalue weighted by Gasteiger charge is 2.20. The van der Waals surface area contributed by atoms with Gasteiger partial charge in [0.2, 0.25) is 5.95 Å². The zero-order chi connectivity index (χ0) is 18.3. The summed E-state index contributed by atoms with van der Waals surface area (Å²) < 4.78 is 3.94. The van der Waals surface area contributed by atoms with E-state index in [0.29, 0.717) is 11.2 Å². The first-order valence-electron chi connectivity index (χ1n) is 7.31. The van der Waals surface area contributed by atoms with Crippen LogP contribution in [0.4, 0.5) is 5.95 Å². The topological polar surface area (TPSA) is 91.6 Å². The molecule has 2 N–H and O–H groups in total. The lowest BCUT2D eigenvalue weighted by atomic mass is 10.1.